The van der Waals surface area contributed by atoms with Crippen LogP contribution in [0.1, 0.15) is 11.1 Å². The molecule has 1 aliphatic heterocycles. The van der Waals surface area contributed by atoms with Gasteiger partial charge in [0.25, 0.3) is 0 Å². The largest absolute Gasteiger partial charge is 0.496 e. The highest BCUT2D eigenvalue weighted by molar-refractivity contribution is 6.30. The Kier molecular flexibility index (Phi) is 4.94. The Labute approximate surface area is 141 Å². The lowest BCUT2D eigenvalue weighted by atomic mass is 10.1. The van der Waals surface area contributed by atoms with E-state index in [9.17, 15) is 0 Å². The van der Waals surface area contributed by atoms with E-state index in [0.29, 0.717) is 18.2 Å². The van der Waals surface area contributed by atoms with E-state index < -0.39 is 0 Å². The van der Waals surface area contributed by atoms with E-state index in [-0.39, 0.29) is 0 Å². The van der Waals surface area contributed by atoms with Gasteiger partial charge >= 0.3 is 0 Å². The third kappa shape index (κ3) is 3.71. The van der Waals surface area contributed by atoms with Gasteiger partial charge in [0.2, 0.25) is 0 Å². The highest BCUT2D eigenvalue weighted by atomic mass is 35.5. The fourth-order valence-corrected chi connectivity index (χ4v) is 2.96. The lowest BCUT2D eigenvalue weighted by Gasteiger charge is -2.24. The molecule has 0 amide bonds. The number of benzene rings is 2. The van der Waals surface area contributed by atoms with Crippen molar-refractivity contribution >= 4 is 11.6 Å². The van der Waals surface area contributed by atoms with Gasteiger partial charge in [-0.25, -0.2) is 0 Å². The molecule has 0 N–H and O–H groups in total. The highest BCUT2D eigenvalue weighted by Crippen LogP contribution is 2.34. The highest BCUT2D eigenvalue weighted by Gasteiger charge is 2.17. The summed E-state index contributed by atoms with van der Waals surface area (Å²) in [5.41, 5.74) is 2.18. The van der Waals surface area contributed by atoms with Crippen LogP contribution in [0, 0.1) is 0 Å². The first-order valence-electron chi connectivity index (χ1n) is 7.56. The second-order valence-electron chi connectivity index (χ2n) is 5.57. The van der Waals surface area contributed by atoms with Gasteiger partial charge in [0, 0.05) is 29.2 Å². The quantitative estimate of drug-likeness (QED) is 0.833. The molecular weight excluding hydrogens is 314 g/mol. The normalized spacial score (nSPS) is 13.2. The van der Waals surface area contributed by atoms with Crippen LogP contribution in [-0.4, -0.2) is 32.3 Å². The average molecular weight is 334 g/mol. The van der Waals surface area contributed by atoms with Gasteiger partial charge in [-0.2, -0.15) is 0 Å². The fraction of sp³-hybridized carbons (Fsp3) is 0.333. The van der Waals surface area contributed by atoms with Crippen LogP contribution in [0.2, 0.25) is 5.02 Å². The molecule has 23 heavy (non-hydrogen) atoms. The monoisotopic (exact) mass is 333 g/mol. The molecular formula is C18H20ClNO3. The molecule has 1 heterocycles. The zero-order valence-corrected chi connectivity index (χ0v) is 14.1. The van der Waals surface area contributed by atoms with Crippen molar-refractivity contribution in [3.63, 3.8) is 0 Å². The molecule has 0 unspecified atom stereocenters. The number of hydrogen-bond acceptors (Lipinski definition) is 4. The summed E-state index contributed by atoms with van der Waals surface area (Å²) in [6.07, 6.45) is 0. The topological polar surface area (TPSA) is 30.9 Å². The first-order chi connectivity index (χ1) is 11.2. The van der Waals surface area contributed by atoms with Gasteiger partial charge in [-0.1, -0.05) is 23.7 Å². The summed E-state index contributed by atoms with van der Waals surface area (Å²) < 4.78 is 16.8. The second-order valence-corrected chi connectivity index (χ2v) is 6.01. The minimum atomic E-state index is 0.593. The fourth-order valence-electron chi connectivity index (χ4n) is 2.77. The minimum Gasteiger partial charge on any atom is -0.496 e. The average Bonchev–Trinajstić information content (AvgIpc) is 2.55. The van der Waals surface area contributed by atoms with Crippen LogP contribution in [0.25, 0.3) is 0 Å². The van der Waals surface area contributed by atoms with Crippen molar-refractivity contribution in [3.05, 3.63) is 52.5 Å². The van der Waals surface area contributed by atoms with Crippen LogP contribution in [0.4, 0.5) is 0 Å². The zero-order valence-electron chi connectivity index (χ0n) is 13.3. The van der Waals surface area contributed by atoms with Crippen LogP contribution in [0.15, 0.2) is 36.4 Å². The van der Waals surface area contributed by atoms with E-state index in [2.05, 4.69) is 18.0 Å². The van der Waals surface area contributed by atoms with Crippen LogP contribution in [0.3, 0.4) is 0 Å². The van der Waals surface area contributed by atoms with Crippen LogP contribution in [-0.2, 0) is 13.1 Å². The van der Waals surface area contributed by atoms with Crippen molar-refractivity contribution in [1.82, 2.24) is 4.90 Å². The van der Waals surface area contributed by atoms with Crippen molar-refractivity contribution in [3.8, 4) is 17.2 Å². The second kappa shape index (κ2) is 7.11. The van der Waals surface area contributed by atoms with Crippen molar-refractivity contribution < 1.29 is 14.2 Å². The summed E-state index contributed by atoms with van der Waals surface area (Å²) >= 11 is 6.10. The van der Waals surface area contributed by atoms with Gasteiger partial charge in [-0.3, -0.25) is 4.90 Å². The SMILES string of the molecule is COc1ccc(Cl)cc1CN(C)Cc1cccc2c1OCCO2. The van der Waals surface area contributed by atoms with Crippen molar-refractivity contribution in [2.75, 3.05) is 27.4 Å². The Bertz CT molecular complexity index is 690. The number of rotatable bonds is 5. The Balaban J connectivity index is 1.75. The molecule has 3 rings (SSSR count). The summed E-state index contributed by atoms with van der Waals surface area (Å²) in [6.45, 7) is 2.68. The Hall–Kier alpha value is -1.91. The summed E-state index contributed by atoms with van der Waals surface area (Å²) in [4.78, 5) is 2.20. The maximum absolute atomic E-state index is 6.10. The van der Waals surface area contributed by atoms with Gasteiger partial charge in [-0.05, 0) is 31.3 Å². The van der Waals surface area contributed by atoms with Gasteiger partial charge in [0.15, 0.2) is 11.5 Å². The lowest BCUT2D eigenvalue weighted by Crippen LogP contribution is -2.21. The molecule has 4 nitrogen and oxygen atoms in total. The minimum absolute atomic E-state index is 0.593. The number of methoxy groups -OCH3 is 1. The van der Waals surface area contributed by atoms with Gasteiger partial charge in [0.05, 0.1) is 7.11 Å². The number of para-hydroxylation sites is 1. The van der Waals surface area contributed by atoms with Gasteiger partial charge in [-0.15, -0.1) is 0 Å². The molecule has 0 fully saturated rings. The Morgan fingerprint density at radius 3 is 2.70 bits per heavy atom. The van der Waals surface area contributed by atoms with Crippen molar-refractivity contribution in [2.45, 2.75) is 13.1 Å². The van der Waals surface area contributed by atoms with E-state index in [1.54, 1.807) is 7.11 Å². The van der Waals surface area contributed by atoms with Crippen LogP contribution in [0.5, 0.6) is 17.2 Å². The first-order valence-corrected chi connectivity index (χ1v) is 7.93. The van der Waals surface area contributed by atoms with E-state index in [4.69, 9.17) is 25.8 Å². The van der Waals surface area contributed by atoms with Gasteiger partial charge in [0.1, 0.15) is 19.0 Å². The standard InChI is InChI=1S/C18H20ClNO3/c1-20(12-14-10-15(19)6-7-16(14)21-2)11-13-4-3-5-17-18(13)23-9-8-22-17/h3-7,10H,8-9,11-12H2,1-2H3. The third-order valence-electron chi connectivity index (χ3n) is 3.77. The molecule has 122 valence electrons. The molecule has 0 atom stereocenters. The smallest absolute Gasteiger partial charge is 0.165 e. The molecule has 0 spiro atoms. The molecule has 0 saturated carbocycles. The van der Waals surface area contributed by atoms with Crippen LogP contribution >= 0.6 is 11.6 Å². The summed E-state index contributed by atoms with van der Waals surface area (Å²) in [5, 5.41) is 0.711. The molecule has 0 radical (unpaired) electrons. The molecule has 5 heteroatoms. The third-order valence-corrected chi connectivity index (χ3v) is 4.01. The molecule has 0 aromatic heterocycles. The van der Waals surface area contributed by atoms with Gasteiger partial charge < -0.3 is 14.2 Å². The predicted molar refractivity (Wildman–Crippen MR) is 90.6 cm³/mol. The van der Waals surface area contributed by atoms with E-state index in [1.807, 2.05) is 30.3 Å². The summed E-state index contributed by atoms with van der Waals surface area (Å²) in [7, 11) is 3.73. The Morgan fingerprint density at radius 2 is 1.87 bits per heavy atom. The number of fused-ring (bicyclic) bond motifs is 1. The first kappa shape index (κ1) is 16.0. The number of nitrogens with zero attached hydrogens (tertiary/aromatic N) is 1. The maximum atomic E-state index is 6.10. The zero-order chi connectivity index (χ0) is 16.2. The molecule has 0 saturated heterocycles. The molecule has 0 bridgehead atoms. The number of halogens is 1. The van der Waals surface area contributed by atoms with Crippen molar-refractivity contribution in [2.24, 2.45) is 0 Å². The lowest BCUT2D eigenvalue weighted by molar-refractivity contribution is 0.167. The molecule has 2 aromatic rings. The predicted octanol–water partition coefficient (Wildman–Crippen LogP) is 3.75. The molecule has 1 aliphatic rings. The van der Waals surface area contributed by atoms with Crippen LogP contribution < -0.4 is 14.2 Å². The van der Waals surface area contributed by atoms with E-state index in [0.717, 1.165) is 41.5 Å². The molecule has 0 aliphatic carbocycles. The Morgan fingerprint density at radius 1 is 1.09 bits per heavy atom. The summed E-state index contributed by atoms with van der Waals surface area (Å²) in [6, 6.07) is 11.7. The number of ether oxygens (including phenoxy) is 3. The molecule has 2 aromatic carbocycles. The van der Waals surface area contributed by atoms with Crippen molar-refractivity contribution in [1.29, 1.82) is 0 Å². The van der Waals surface area contributed by atoms with E-state index in [1.165, 1.54) is 0 Å². The number of hydrogen-bond donors (Lipinski definition) is 0. The summed E-state index contributed by atoms with van der Waals surface area (Å²) in [5.74, 6) is 2.52. The maximum Gasteiger partial charge on any atom is 0.165 e. The van der Waals surface area contributed by atoms with E-state index >= 15 is 0 Å².